The Bertz CT molecular complexity index is 592. The Morgan fingerprint density at radius 1 is 1.10 bits per heavy atom. The van der Waals surface area contributed by atoms with Gasteiger partial charge in [0.1, 0.15) is 23.9 Å². The molecular formula is C19H38FN5O6. The summed E-state index contributed by atoms with van der Waals surface area (Å²) in [7, 11) is 1.60. The van der Waals surface area contributed by atoms with Crippen molar-refractivity contribution < 1.29 is 33.6 Å². The van der Waals surface area contributed by atoms with Crippen LogP contribution in [0, 0.1) is 0 Å². The van der Waals surface area contributed by atoms with Crippen LogP contribution in [0.5, 0.6) is 0 Å². The number of likely N-dealkylation sites (N-methyl/N-ethyl adjacent to an activating group) is 1. The number of halogens is 1. The quantitative estimate of drug-likeness (QED) is 0.217. The number of nitrogens with one attached hydrogen (secondary N) is 1. The molecule has 0 aromatic rings. The minimum atomic E-state index is -1.71. The number of ether oxygens (including phenoxy) is 4. The monoisotopic (exact) mass is 451 g/mol. The predicted molar refractivity (Wildman–Crippen MR) is 109 cm³/mol. The highest BCUT2D eigenvalue weighted by atomic mass is 19.1. The summed E-state index contributed by atoms with van der Waals surface area (Å²) in [6.45, 7) is 1.74. The van der Waals surface area contributed by atoms with Gasteiger partial charge in [-0.3, -0.25) is 0 Å². The van der Waals surface area contributed by atoms with Crippen molar-refractivity contribution in [3.8, 4) is 0 Å². The topological polar surface area (TPSA) is 193 Å². The van der Waals surface area contributed by atoms with Crippen molar-refractivity contribution in [1.29, 1.82) is 0 Å². The standard InChI is InChI=1S/C19H38FN5O6/c1-19(27)7-28-18(13(26)16(19)25-2)31-15-11(24)5-10(23)14(12(15)20)30-17-9(22)4-3-8(6-21)29-17/h8-18,25-27H,3-7,21-24H2,1-2H3. The molecule has 0 amide bonds. The van der Waals surface area contributed by atoms with Gasteiger partial charge in [-0.15, -0.1) is 0 Å². The number of aliphatic hydroxyl groups is 2. The van der Waals surface area contributed by atoms with Gasteiger partial charge < -0.3 is 57.4 Å². The molecule has 0 radical (unpaired) electrons. The van der Waals surface area contributed by atoms with E-state index < -0.39 is 66.8 Å². The molecule has 12 unspecified atom stereocenters. The van der Waals surface area contributed by atoms with Crippen LogP contribution in [0.1, 0.15) is 26.2 Å². The minimum Gasteiger partial charge on any atom is -0.386 e. The van der Waals surface area contributed by atoms with Crippen molar-refractivity contribution in [2.45, 2.75) is 99.1 Å². The van der Waals surface area contributed by atoms with E-state index in [0.717, 1.165) is 0 Å². The van der Waals surface area contributed by atoms with E-state index in [9.17, 15) is 10.2 Å². The number of aliphatic hydroxyl groups excluding tert-OH is 1. The molecule has 11 N–H and O–H groups in total. The highest BCUT2D eigenvalue weighted by Crippen LogP contribution is 2.32. The maximum Gasteiger partial charge on any atom is 0.185 e. The Hall–Kier alpha value is -0.510. The fourth-order valence-corrected chi connectivity index (χ4v) is 4.65. The highest BCUT2D eigenvalue weighted by Gasteiger charge is 2.51. The molecule has 12 atom stereocenters. The van der Waals surface area contributed by atoms with Crippen LogP contribution in [0.4, 0.5) is 4.39 Å². The third-order valence-electron chi connectivity index (χ3n) is 6.50. The third kappa shape index (κ3) is 5.36. The first kappa shape index (κ1) is 25.1. The molecule has 0 bridgehead atoms. The van der Waals surface area contributed by atoms with Gasteiger partial charge >= 0.3 is 0 Å². The van der Waals surface area contributed by atoms with E-state index in [1.807, 2.05) is 0 Å². The lowest BCUT2D eigenvalue weighted by Gasteiger charge is -2.47. The van der Waals surface area contributed by atoms with Crippen molar-refractivity contribution >= 4 is 0 Å². The van der Waals surface area contributed by atoms with Gasteiger partial charge in [0.25, 0.3) is 0 Å². The predicted octanol–water partition coefficient (Wildman–Crippen LogP) is -3.00. The van der Waals surface area contributed by atoms with Gasteiger partial charge in [-0.25, -0.2) is 4.39 Å². The van der Waals surface area contributed by atoms with E-state index in [4.69, 9.17) is 41.9 Å². The fraction of sp³-hybridized carbons (Fsp3) is 1.00. The molecule has 0 aromatic heterocycles. The van der Waals surface area contributed by atoms with Gasteiger partial charge in [-0.2, -0.15) is 0 Å². The number of alkyl halides is 1. The lowest BCUT2D eigenvalue weighted by molar-refractivity contribution is -0.300. The molecule has 0 aromatic carbocycles. The van der Waals surface area contributed by atoms with E-state index >= 15 is 4.39 Å². The summed E-state index contributed by atoms with van der Waals surface area (Å²) in [4.78, 5) is 0. The molecule has 31 heavy (non-hydrogen) atoms. The van der Waals surface area contributed by atoms with Crippen molar-refractivity contribution in [1.82, 2.24) is 5.32 Å². The molecule has 12 heteroatoms. The van der Waals surface area contributed by atoms with Gasteiger partial charge in [0.15, 0.2) is 18.8 Å². The van der Waals surface area contributed by atoms with Crippen LogP contribution in [0.3, 0.4) is 0 Å². The summed E-state index contributed by atoms with van der Waals surface area (Å²) >= 11 is 0. The van der Waals surface area contributed by atoms with Crippen LogP contribution in [-0.4, -0.2) is 103 Å². The van der Waals surface area contributed by atoms with Gasteiger partial charge in [-0.05, 0) is 33.2 Å². The normalized spacial score (nSPS) is 51.6. The SMILES string of the molecule is CNC1C(O)C(OC2C(N)CC(N)C(OC3OC(CN)CCC3N)C2F)OCC1(C)O. The number of hydrogen-bond donors (Lipinski definition) is 7. The van der Waals surface area contributed by atoms with Crippen molar-refractivity contribution in [2.24, 2.45) is 22.9 Å². The second-order valence-corrected chi connectivity index (χ2v) is 9.11. The van der Waals surface area contributed by atoms with Crippen LogP contribution in [-0.2, 0) is 18.9 Å². The molecule has 182 valence electrons. The average Bonchev–Trinajstić information content (AvgIpc) is 2.71. The first-order valence-corrected chi connectivity index (χ1v) is 10.9. The first-order chi connectivity index (χ1) is 14.6. The fourth-order valence-electron chi connectivity index (χ4n) is 4.65. The Balaban J connectivity index is 1.68. The van der Waals surface area contributed by atoms with E-state index in [-0.39, 0.29) is 19.1 Å². The summed E-state index contributed by atoms with van der Waals surface area (Å²) in [5.41, 5.74) is 22.7. The van der Waals surface area contributed by atoms with E-state index in [0.29, 0.717) is 19.4 Å². The smallest absolute Gasteiger partial charge is 0.185 e. The molecule has 1 aliphatic carbocycles. The molecule has 2 saturated heterocycles. The van der Waals surface area contributed by atoms with Crippen LogP contribution in [0.25, 0.3) is 0 Å². The summed E-state index contributed by atoms with van der Waals surface area (Å²) in [5, 5.41) is 23.8. The van der Waals surface area contributed by atoms with E-state index in [1.165, 1.54) is 6.92 Å². The van der Waals surface area contributed by atoms with Crippen LogP contribution < -0.4 is 28.3 Å². The zero-order chi connectivity index (χ0) is 22.9. The van der Waals surface area contributed by atoms with Crippen molar-refractivity contribution in [3.05, 3.63) is 0 Å². The van der Waals surface area contributed by atoms with E-state index in [2.05, 4.69) is 5.32 Å². The summed E-state index contributed by atoms with van der Waals surface area (Å²) in [6, 6.07) is -2.60. The van der Waals surface area contributed by atoms with Crippen molar-refractivity contribution in [3.63, 3.8) is 0 Å². The first-order valence-electron chi connectivity index (χ1n) is 10.9. The largest absolute Gasteiger partial charge is 0.386 e. The summed E-state index contributed by atoms with van der Waals surface area (Å²) < 4.78 is 38.5. The molecular weight excluding hydrogens is 413 g/mol. The maximum absolute atomic E-state index is 15.6. The molecule has 11 nitrogen and oxygen atoms in total. The molecule has 3 fully saturated rings. The van der Waals surface area contributed by atoms with Crippen LogP contribution in [0.15, 0.2) is 0 Å². The summed E-state index contributed by atoms with van der Waals surface area (Å²) in [6.07, 6.45) is -5.83. The Morgan fingerprint density at radius 3 is 2.29 bits per heavy atom. The average molecular weight is 452 g/mol. The lowest BCUT2D eigenvalue weighted by Crippen LogP contribution is -2.68. The highest BCUT2D eigenvalue weighted by molar-refractivity contribution is 5.02. The maximum atomic E-state index is 15.6. The number of rotatable bonds is 6. The van der Waals surface area contributed by atoms with Crippen LogP contribution in [0.2, 0.25) is 0 Å². The number of nitrogens with two attached hydrogens (primary N) is 4. The molecule has 2 heterocycles. The van der Waals surface area contributed by atoms with Crippen molar-refractivity contribution in [2.75, 3.05) is 20.2 Å². The van der Waals surface area contributed by atoms with Crippen LogP contribution >= 0.6 is 0 Å². The Labute approximate surface area is 181 Å². The Kier molecular flexibility index (Phi) is 8.25. The van der Waals surface area contributed by atoms with Gasteiger partial charge in [-0.1, -0.05) is 0 Å². The second-order valence-electron chi connectivity index (χ2n) is 9.11. The molecule has 1 saturated carbocycles. The molecule has 3 aliphatic rings. The second kappa shape index (κ2) is 10.2. The van der Waals surface area contributed by atoms with Gasteiger partial charge in [0, 0.05) is 18.6 Å². The molecule has 2 aliphatic heterocycles. The van der Waals surface area contributed by atoms with E-state index in [1.54, 1.807) is 7.05 Å². The van der Waals surface area contributed by atoms with Gasteiger partial charge in [0.2, 0.25) is 0 Å². The zero-order valence-electron chi connectivity index (χ0n) is 18.1. The lowest BCUT2D eigenvalue weighted by atomic mass is 9.85. The third-order valence-corrected chi connectivity index (χ3v) is 6.50. The molecule has 3 rings (SSSR count). The number of hydrogen-bond acceptors (Lipinski definition) is 11. The minimum absolute atomic E-state index is 0.107. The van der Waals surface area contributed by atoms with Gasteiger partial charge in [0.05, 0.1) is 24.8 Å². The summed E-state index contributed by atoms with van der Waals surface area (Å²) in [5.74, 6) is 0. The zero-order valence-corrected chi connectivity index (χ0v) is 18.1. The molecule has 0 spiro atoms. The Morgan fingerprint density at radius 2 is 1.71 bits per heavy atom.